The minimum absolute atomic E-state index is 0.0706. The Kier molecular flexibility index (Phi) is 8.20. The second-order valence-electron chi connectivity index (χ2n) is 7.91. The van der Waals surface area contributed by atoms with Crippen molar-refractivity contribution in [3.63, 3.8) is 0 Å². The van der Waals surface area contributed by atoms with Gasteiger partial charge in [-0.05, 0) is 49.0 Å². The summed E-state index contributed by atoms with van der Waals surface area (Å²) >= 11 is 0.912. The standard InChI is InChI=1S/C26H24N4O8S/c1-5-29-24(15-10-18(35-2)13-19(11-15)36-3)27-28-26(29)39-23(25(31)32)14-17-7-9-22(38-17)20-12-16(30(33)34)6-8-21(20)37-4/h6-14H,5H2,1-4H3,(H,31,32)/b23-14-. The third-order valence-electron chi connectivity index (χ3n) is 5.61. The molecule has 0 fully saturated rings. The fraction of sp³-hybridized carbons (Fsp3) is 0.192. The number of ether oxygens (including phenoxy) is 3. The van der Waals surface area contributed by atoms with E-state index in [2.05, 4.69) is 10.2 Å². The van der Waals surface area contributed by atoms with Gasteiger partial charge in [-0.15, -0.1) is 10.2 Å². The molecular formula is C26H24N4O8S. The van der Waals surface area contributed by atoms with Gasteiger partial charge in [0.15, 0.2) is 11.0 Å². The number of nitro groups is 1. The number of carboxylic acids is 1. The molecule has 0 saturated heterocycles. The van der Waals surface area contributed by atoms with Crippen LogP contribution in [0.15, 0.2) is 63.0 Å². The molecule has 0 spiro atoms. The van der Waals surface area contributed by atoms with Crippen molar-refractivity contribution < 1.29 is 33.5 Å². The number of benzene rings is 2. The van der Waals surface area contributed by atoms with Crippen LogP contribution in [0, 0.1) is 10.1 Å². The van der Waals surface area contributed by atoms with Crippen LogP contribution in [0.5, 0.6) is 17.2 Å². The topological polar surface area (TPSA) is 152 Å². The molecule has 13 heteroatoms. The Balaban J connectivity index is 1.67. The van der Waals surface area contributed by atoms with Gasteiger partial charge in [-0.1, -0.05) is 0 Å². The molecule has 0 aliphatic carbocycles. The molecule has 0 saturated carbocycles. The van der Waals surface area contributed by atoms with Crippen LogP contribution in [0.2, 0.25) is 0 Å². The zero-order valence-electron chi connectivity index (χ0n) is 21.4. The van der Waals surface area contributed by atoms with Crippen LogP contribution in [-0.4, -0.2) is 52.1 Å². The van der Waals surface area contributed by atoms with Crippen LogP contribution in [0.1, 0.15) is 12.7 Å². The number of carbonyl (C=O) groups is 1. The number of non-ortho nitro benzene ring substituents is 1. The molecule has 0 radical (unpaired) electrons. The Morgan fingerprint density at radius 3 is 2.38 bits per heavy atom. The Bertz CT molecular complexity index is 1540. The zero-order chi connectivity index (χ0) is 28.1. The smallest absolute Gasteiger partial charge is 0.342 e. The molecule has 0 bridgehead atoms. The lowest BCUT2D eigenvalue weighted by molar-refractivity contribution is -0.384. The number of rotatable bonds is 11. The minimum atomic E-state index is -1.19. The lowest BCUT2D eigenvalue weighted by atomic mass is 10.1. The number of hydrogen-bond donors (Lipinski definition) is 1. The van der Waals surface area contributed by atoms with Crippen molar-refractivity contribution in [3.05, 3.63) is 69.3 Å². The number of hydrogen-bond acceptors (Lipinski definition) is 10. The monoisotopic (exact) mass is 552 g/mol. The number of carboxylic acid groups (broad SMARTS) is 1. The van der Waals surface area contributed by atoms with E-state index >= 15 is 0 Å². The molecule has 4 aromatic rings. The van der Waals surface area contributed by atoms with Crippen molar-refractivity contribution in [2.45, 2.75) is 18.6 Å². The van der Waals surface area contributed by atoms with Gasteiger partial charge in [0, 0.05) is 36.4 Å². The fourth-order valence-corrected chi connectivity index (χ4v) is 4.61. The van der Waals surface area contributed by atoms with Gasteiger partial charge in [0.25, 0.3) is 5.69 Å². The summed E-state index contributed by atoms with van der Waals surface area (Å²) < 4.78 is 23.6. The summed E-state index contributed by atoms with van der Waals surface area (Å²) in [5.41, 5.74) is 0.916. The first-order chi connectivity index (χ1) is 18.8. The van der Waals surface area contributed by atoms with Crippen LogP contribution in [0.4, 0.5) is 5.69 Å². The van der Waals surface area contributed by atoms with E-state index in [0.29, 0.717) is 45.9 Å². The maximum absolute atomic E-state index is 12.1. The summed E-state index contributed by atoms with van der Waals surface area (Å²) in [6.45, 7) is 2.36. The van der Waals surface area contributed by atoms with Gasteiger partial charge in [0.1, 0.15) is 33.7 Å². The Morgan fingerprint density at radius 2 is 1.79 bits per heavy atom. The molecule has 0 aliphatic heterocycles. The number of thioether (sulfide) groups is 1. The summed E-state index contributed by atoms with van der Waals surface area (Å²) in [6, 6.07) is 12.6. The number of methoxy groups -OCH3 is 3. The molecule has 0 aliphatic rings. The normalized spacial score (nSPS) is 11.3. The van der Waals surface area contributed by atoms with Crippen molar-refractivity contribution in [2.24, 2.45) is 0 Å². The molecule has 2 aromatic heterocycles. The van der Waals surface area contributed by atoms with E-state index in [1.54, 1.807) is 49.1 Å². The van der Waals surface area contributed by atoms with Gasteiger partial charge in [-0.2, -0.15) is 0 Å². The molecule has 4 rings (SSSR count). The summed E-state index contributed by atoms with van der Waals surface area (Å²) in [5, 5.41) is 30.0. The van der Waals surface area contributed by atoms with Crippen molar-refractivity contribution in [3.8, 4) is 40.0 Å². The van der Waals surface area contributed by atoms with Crippen LogP contribution >= 0.6 is 11.8 Å². The van der Waals surface area contributed by atoms with Gasteiger partial charge in [0.2, 0.25) is 0 Å². The summed E-state index contributed by atoms with van der Waals surface area (Å²) in [4.78, 5) is 22.8. The zero-order valence-corrected chi connectivity index (χ0v) is 22.2. The number of nitrogens with zero attached hydrogens (tertiary/aromatic N) is 4. The van der Waals surface area contributed by atoms with Crippen molar-refractivity contribution >= 4 is 29.5 Å². The first-order valence-electron chi connectivity index (χ1n) is 11.5. The van der Waals surface area contributed by atoms with E-state index in [1.165, 1.54) is 31.4 Å². The molecule has 0 unspecified atom stereocenters. The largest absolute Gasteiger partial charge is 0.497 e. The van der Waals surface area contributed by atoms with Gasteiger partial charge in [-0.3, -0.25) is 10.1 Å². The number of aromatic nitrogens is 3. The second-order valence-corrected chi connectivity index (χ2v) is 8.92. The van der Waals surface area contributed by atoms with Crippen molar-refractivity contribution in [1.29, 1.82) is 0 Å². The molecule has 2 aromatic carbocycles. The maximum atomic E-state index is 12.1. The van der Waals surface area contributed by atoms with Gasteiger partial charge >= 0.3 is 5.97 Å². The number of nitro benzene ring substituents is 1. The van der Waals surface area contributed by atoms with Crippen LogP contribution < -0.4 is 14.2 Å². The Morgan fingerprint density at radius 1 is 1.08 bits per heavy atom. The van der Waals surface area contributed by atoms with Crippen molar-refractivity contribution in [2.75, 3.05) is 21.3 Å². The molecule has 39 heavy (non-hydrogen) atoms. The highest BCUT2D eigenvalue weighted by Gasteiger charge is 2.21. The lowest BCUT2D eigenvalue weighted by Gasteiger charge is -2.10. The molecule has 0 atom stereocenters. The van der Waals surface area contributed by atoms with E-state index in [4.69, 9.17) is 18.6 Å². The van der Waals surface area contributed by atoms with Crippen LogP contribution in [0.3, 0.4) is 0 Å². The van der Waals surface area contributed by atoms with Crippen LogP contribution in [-0.2, 0) is 11.3 Å². The lowest BCUT2D eigenvalue weighted by Crippen LogP contribution is -2.03. The third kappa shape index (κ3) is 5.88. The quantitative estimate of drug-likeness (QED) is 0.110. The minimum Gasteiger partial charge on any atom is -0.497 e. The third-order valence-corrected chi connectivity index (χ3v) is 6.61. The van der Waals surface area contributed by atoms with E-state index in [-0.39, 0.29) is 22.1 Å². The predicted molar refractivity (Wildman–Crippen MR) is 143 cm³/mol. The molecule has 2 heterocycles. The summed E-state index contributed by atoms with van der Waals surface area (Å²) in [7, 11) is 4.53. The van der Waals surface area contributed by atoms with Gasteiger partial charge in [0.05, 0.1) is 31.8 Å². The van der Waals surface area contributed by atoms with Crippen LogP contribution in [0.25, 0.3) is 28.8 Å². The molecule has 12 nitrogen and oxygen atoms in total. The van der Waals surface area contributed by atoms with Gasteiger partial charge in [-0.25, -0.2) is 4.79 Å². The highest BCUT2D eigenvalue weighted by atomic mass is 32.2. The van der Waals surface area contributed by atoms with E-state index in [9.17, 15) is 20.0 Å². The van der Waals surface area contributed by atoms with Crippen molar-refractivity contribution in [1.82, 2.24) is 14.8 Å². The average Bonchev–Trinajstić information content (AvgIpc) is 3.58. The SMILES string of the molecule is CCn1c(S/C(=C\c2ccc(-c3cc([N+](=O)[O-])ccc3OC)o2)C(=O)O)nnc1-c1cc(OC)cc(OC)c1. The second kappa shape index (κ2) is 11.7. The first-order valence-corrected chi connectivity index (χ1v) is 12.3. The molecule has 1 N–H and O–H groups in total. The van der Waals surface area contributed by atoms with E-state index in [0.717, 1.165) is 11.8 Å². The highest BCUT2D eigenvalue weighted by molar-refractivity contribution is 8.04. The molecular weight excluding hydrogens is 528 g/mol. The molecule has 202 valence electrons. The maximum Gasteiger partial charge on any atom is 0.342 e. The molecule has 0 amide bonds. The Hall–Kier alpha value is -4.78. The summed E-state index contributed by atoms with van der Waals surface area (Å²) in [5.74, 6) is 1.34. The van der Waals surface area contributed by atoms with Gasteiger partial charge < -0.3 is 28.3 Å². The summed E-state index contributed by atoms with van der Waals surface area (Å²) in [6.07, 6.45) is 1.35. The van der Waals surface area contributed by atoms with E-state index < -0.39 is 10.9 Å². The number of aliphatic carboxylic acids is 1. The predicted octanol–water partition coefficient (Wildman–Crippen LogP) is 5.38. The Labute approximate surface area is 227 Å². The fourth-order valence-electron chi connectivity index (χ4n) is 3.74. The number of furan rings is 1. The first kappa shape index (κ1) is 27.3. The average molecular weight is 553 g/mol. The van der Waals surface area contributed by atoms with E-state index in [1.807, 2.05) is 6.92 Å². The highest BCUT2D eigenvalue weighted by Crippen LogP contribution is 2.36.